The molecule has 5 heteroatoms. The molecule has 0 rings (SSSR count). The monoisotopic (exact) mass is 211 g/mol. The molecule has 0 N–H and O–H groups in total. The van der Waals surface area contributed by atoms with E-state index in [1.165, 1.54) is 0 Å². The van der Waals surface area contributed by atoms with Crippen LogP contribution in [0.1, 0.15) is 4.28 Å². The average molecular weight is 212 g/mol. The van der Waals surface area contributed by atoms with Crippen molar-refractivity contribution in [3.05, 3.63) is 0 Å². The molecule has 0 saturated carbocycles. The Kier molecular flexibility index (Phi) is 197. The first-order valence-electron chi connectivity index (χ1n) is 0. The summed E-state index contributed by atoms with van der Waals surface area (Å²) in [6.45, 7) is 0. The number of hydrogen-bond acceptors (Lipinski definition) is 0. The van der Waals surface area contributed by atoms with Crippen molar-refractivity contribution in [2.75, 3.05) is 0 Å². The van der Waals surface area contributed by atoms with Crippen molar-refractivity contribution in [1.29, 1.82) is 0 Å². The van der Waals surface area contributed by atoms with Crippen molar-refractivity contribution in [2.24, 2.45) is 0 Å². The Morgan fingerprint density at radius 3 is 1.20 bits per heavy atom. The fourth-order valence-corrected chi connectivity index (χ4v) is 0. The van der Waals surface area contributed by atoms with E-state index in [9.17, 15) is 0 Å². The van der Waals surface area contributed by atoms with Crippen molar-refractivity contribution in [1.82, 2.24) is 0 Å². The van der Waals surface area contributed by atoms with Gasteiger partial charge in [0.25, 0.3) is 0 Å². The minimum atomic E-state index is 0. The Balaban J connectivity index is 0. The molecule has 0 atom stereocenters. The second kappa shape index (κ2) is 25.6. The maximum atomic E-state index is 0. The van der Waals surface area contributed by atoms with Crippen molar-refractivity contribution < 1.29 is 78.4 Å². The largest absolute Gasteiger partial charge is 2.00 e. The maximum absolute atomic E-state index is 0. The maximum Gasteiger partial charge on any atom is 2.00 e. The fourth-order valence-electron chi connectivity index (χ4n) is 0. The van der Waals surface area contributed by atoms with Gasteiger partial charge in [0.2, 0.25) is 0 Å². The summed E-state index contributed by atoms with van der Waals surface area (Å²) in [5, 5.41) is 0. The Labute approximate surface area is 114 Å². The van der Waals surface area contributed by atoms with Crippen LogP contribution in [0.4, 0.5) is 0 Å². The van der Waals surface area contributed by atoms with E-state index < -0.39 is 0 Å². The van der Waals surface area contributed by atoms with Gasteiger partial charge in [0.05, 0.1) is 0 Å². The Morgan fingerprint density at radius 2 is 1.20 bits per heavy atom. The molecule has 0 saturated heterocycles. The van der Waals surface area contributed by atoms with Crippen LogP contribution in [0.3, 0.4) is 0 Å². The summed E-state index contributed by atoms with van der Waals surface area (Å²) in [7, 11) is 0. The molecule has 1 radical (unpaired) electrons. The van der Waals surface area contributed by atoms with Crippen LogP contribution in [-0.2, 0) is 55.3 Å². The van der Waals surface area contributed by atoms with Gasteiger partial charge in [-0.2, -0.15) is 0 Å². The van der Waals surface area contributed by atoms with Crippen LogP contribution >= 0.6 is 0 Å². The zero-order chi connectivity index (χ0) is 0. The molecule has 0 spiro atoms. The van der Waals surface area contributed by atoms with E-state index in [0.29, 0.717) is 0 Å². The van der Waals surface area contributed by atoms with Gasteiger partial charge in [-0.25, -0.2) is 0 Å². The first-order valence-corrected chi connectivity index (χ1v) is 0. The third-order valence-corrected chi connectivity index (χ3v) is 0. The van der Waals surface area contributed by atoms with E-state index in [4.69, 9.17) is 0 Å². The van der Waals surface area contributed by atoms with Gasteiger partial charge in [-0.3, -0.25) is 0 Å². The predicted octanol–water partition coefficient (Wildman–Crippen LogP) is -3.05. The van der Waals surface area contributed by atoms with Crippen LogP contribution in [0.5, 0.6) is 0 Å². The quantitative estimate of drug-likeness (QED) is 0.374. The van der Waals surface area contributed by atoms with Crippen LogP contribution < -0.4 is 18.9 Å². The Bertz CT molecular complexity index is 19.2. The van der Waals surface area contributed by atoms with Gasteiger partial charge in [0.1, 0.15) is 0 Å². The summed E-state index contributed by atoms with van der Waals surface area (Å²) in [4.78, 5) is 0. The summed E-state index contributed by atoms with van der Waals surface area (Å²) >= 11 is 0. The van der Waals surface area contributed by atoms with Crippen molar-refractivity contribution in [3.8, 4) is 0 Å². The second-order valence-corrected chi connectivity index (χ2v) is 0. The van der Waals surface area contributed by atoms with E-state index >= 15 is 0 Å². The van der Waals surface area contributed by atoms with Gasteiger partial charge in [0.15, 0.2) is 0 Å². The van der Waals surface area contributed by atoms with E-state index in [2.05, 4.69) is 0 Å². The minimum Gasteiger partial charge on any atom is -1.00 e. The van der Waals surface area contributed by atoms with Gasteiger partial charge in [-0.05, 0) is 0 Å². The molecular weight excluding hydrogens is 209 g/mol. The summed E-state index contributed by atoms with van der Waals surface area (Å²) in [5.41, 5.74) is 0. The summed E-state index contributed by atoms with van der Waals surface area (Å²) in [6, 6.07) is 0. The molecule has 0 nitrogen and oxygen atoms in total. The average Bonchev–Trinajstić information content (AvgIpc) is 0. The molecule has 27 valence electrons. The van der Waals surface area contributed by atoms with Crippen LogP contribution in [-0.4, -0.2) is 37.7 Å². The molecule has 0 aromatic carbocycles. The molecule has 5 heavy (non-hydrogen) atoms. The number of rotatable bonds is 0. The molecule has 0 aliphatic heterocycles. The molecule has 0 aromatic heterocycles. The first kappa shape index (κ1) is 38.4. The van der Waals surface area contributed by atoms with Crippen LogP contribution in [0.25, 0.3) is 0 Å². The van der Waals surface area contributed by atoms with Gasteiger partial charge < -0.3 is 4.28 Å². The molecular formula is H3CaLiMnNiTi. The third kappa shape index (κ3) is 18.4. The second-order valence-electron chi connectivity index (χ2n) is 0. The van der Waals surface area contributed by atoms with Crippen LogP contribution in [0.15, 0.2) is 0 Å². The molecule has 0 amide bonds. The molecule has 0 aliphatic carbocycles. The van der Waals surface area contributed by atoms with Crippen molar-refractivity contribution in [3.63, 3.8) is 0 Å². The fraction of sp³-hybridized carbons (Fsp3) is 0. The van der Waals surface area contributed by atoms with Crippen molar-refractivity contribution in [2.45, 2.75) is 0 Å². The van der Waals surface area contributed by atoms with Gasteiger partial charge in [-0.15, -0.1) is 0 Å². The van der Waals surface area contributed by atoms with Crippen LogP contribution in [0, 0.1) is 0 Å². The summed E-state index contributed by atoms with van der Waals surface area (Å²) in [5.74, 6) is 0. The molecule has 0 bridgehead atoms. The molecule has 0 aromatic rings. The van der Waals surface area contributed by atoms with E-state index in [1.54, 1.807) is 0 Å². The first-order chi connectivity index (χ1) is 0. The molecule has 0 heterocycles. The van der Waals surface area contributed by atoms with Crippen molar-refractivity contribution >= 4 is 37.7 Å². The Morgan fingerprint density at radius 1 is 1.20 bits per heavy atom. The molecule has 0 unspecified atom stereocenters. The molecule has 0 fully saturated rings. The minimum absolute atomic E-state index is 0. The Hall–Kier alpha value is 3.58. The third-order valence-electron chi connectivity index (χ3n) is 0. The smallest absolute Gasteiger partial charge is 1.00 e. The van der Waals surface area contributed by atoms with E-state index in [0.717, 1.165) is 0 Å². The SMILES string of the molecule is [Ca+2].[H-].[H-].[H-].[Li+].[Mn].[Ni].[Ti]. The zero-order valence-electron chi connectivity index (χ0n) is 5.90. The normalized spacial score (nSPS) is 0. The van der Waals surface area contributed by atoms with Gasteiger partial charge in [0, 0.05) is 55.3 Å². The number of hydrogen-bond donors (Lipinski definition) is 0. The summed E-state index contributed by atoms with van der Waals surface area (Å²) in [6.07, 6.45) is 0. The van der Waals surface area contributed by atoms with E-state index in [-0.39, 0.29) is 116 Å². The summed E-state index contributed by atoms with van der Waals surface area (Å²) < 4.78 is 0. The van der Waals surface area contributed by atoms with Gasteiger partial charge in [-0.1, -0.05) is 0 Å². The molecule has 0 aliphatic rings. The topological polar surface area (TPSA) is 0 Å². The zero-order valence-corrected chi connectivity index (χ0v) is 8.84. The van der Waals surface area contributed by atoms with Gasteiger partial charge >= 0.3 is 56.6 Å². The van der Waals surface area contributed by atoms with Crippen LogP contribution in [0.2, 0.25) is 0 Å². The standard InChI is InChI=1S/Ca.Li.Mn.Ni.Ti.3H/q+2;+1;;;;3*-1. The van der Waals surface area contributed by atoms with E-state index in [1.807, 2.05) is 0 Å². The predicted molar refractivity (Wildman–Crippen MR) is 9.09 cm³/mol.